The van der Waals surface area contributed by atoms with Gasteiger partial charge < -0.3 is 0 Å². The molecule has 0 spiro atoms. The van der Waals surface area contributed by atoms with Crippen LogP contribution in [0.5, 0.6) is 0 Å². The molecule has 0 aliphatic rings. The maximum atomic E-state index is 12.4. The molecule has 0 saturated carbocycles. The van der Waals surface area contributed by atoms with E-state index in [0.29, 0.717) is 0 Å². The Balaban J connectivity index is 2.13. The normalized spacial score (nSPS) is 13.6. The molecule has 0 fully saturated rings. The predicted molar refractivity (Wildman–Crippen MR) is 92.5 cm³/mol. The quantitative estimate of drug-likeness (QED) is 0.777. The van der Waals surface area contributed by atoms with E-state index in [1.807, 2.05) is 37.3 Å². The van der Waals surface area contributed by atoms with Crippen LogP contribution >= 0.6 is 0 Å². The fraction of sp³-hybridized carbons (Fsp3) is 0.250. The Bertz CT molecular complexity index is 877. The molecule has 0 aliphatic heterocycles. The molecule has 3 N–H and O–H groups in total. The second kappa shape index (κ2) is 7.43. The molecule has 1 atom stereocenters. The zero-order valence-corrected chi connectivity index (χ0v) is 14.8. The molecule has 130 valence electrons. The van der Waals surface area contributed by atoms with Crippen LogP contribution in [0.15, 0.2) is 64.4 Å². The van der Waals surface area contributed by atoms with E-state index in [4.69, 9.17) is 5.14 Å². The summed E-state index contributed by atoms with van der Waals surface area (Å²) in [5, 5.41) is 5.00. The van der Waals surface area contributed by atoms with Crippen molar-refractivity contribution in [3.8, 4) is 0 Å². The largest absolute Gasteiger partial charge is 0.240 e. The molecule has 2 rings (SSSR count). The summed E-state index contributed by atoms with van der Waals surface area (Å²) < 4.78 is 49.7. The summed E-state index contributed by atoms with van der Waals surface area (Å²) in [6.07, 6.45) is 0.789. The summed E-state index contributed by atoms with van der Waals surface area (Å²) in [4.78, 5) is -0.130. The molecule has 2 aromatic rings. The fourth-order valence-electron chi connectivity index (χ4n) is 2.33. The maximum absolute atomic E-state index is 12.4. The van der Waals surface area contributed by atoms with Crippen molar-refractivity contribution < 1.29 is 16.8 Å². The monoisotopic (exact) mass is 368 g/mol. The first kappa shape index (κ1) is 18.6. The van der Waals surface area contributed by atoms with Gasteiger partial charge in [-0.2, -0.15) is 0 Å². The fourth-order valence-corrected chi connectivity index (χ4v) is 3.92. The number of nitrogens with one attached hydrogen (secondary N) is 1. The number of hydrogen-bond donors (Lipinski definition) is 2. The van der Waals surface area contributed by atoms with Gasteiger partial charge in [-0.1, -0.05) is 37.3 Å². The van der Waals surface area contributed by atoms with Gasteiger partial charge in [-0.05, 0) is 42.2 Å². The van der Waals surface area contributed by atoms with Crippen LogP contribution in [-0.2, 0) is 20.0 Å². The molecule has 6 nitrogen and oxygen atoms in total. The minimum Gasteiger partial charge on any atom is -0.225 e. The van der Waals surface area contributed by atoms with E-state index in [0.717, 1.165) is 12.0 Å². The molecule has 0 amide bonds. The average Bonchev–Trinajstić information content (AvgIpc) is 2.56. The smallest absolute Gasteiger partial charge is 0.225 e. The van der Waals surface area contributed by atoms with E-state index in [9.17, 15) is 16.8 Å². The highest BCUT2D eigenvalue weighted by molar-refractivity contribution is 7.89. The van der Waals surface area contributed by atoms with Crippen molar-refractivity contribution >= 4 is 20.0 Å². The standard InChI is InChI=1S/C16H20N2O4S2/c1-2-13(14-6-4-3-5-7-14)12-18-24(21,22)16-10-8-15(9-11-16)23(17,19)20/h3-11,13,18H,2,12H2,1H3,(H2,17,19,20). The predicted octanol–water partition coefficient (Wildman–Crippen LogP) is 1.81. The first-order valence-corrected chi connectivity index (χ1v) is 10.4. The second-order valence-corrected chi connectivity index (χ2v) is 8.71. The summed E-state index contributed by atoms with van der Waals surface area (Å²) in [7, 11) is -7.57. The second-order valence-electron chi connectivity index (χ2n) is 5.38. The number of nitrogens with two attached hydrogens (primary N) is 1. The van der Waals surface area contributed by atoms with Crippen LogP contribution in [0.4, 0.5) is 0 Å². The molecule has 1 unspecified atom stereocenters. The molecule has 24 heavy (non-hydrogen) atoms. The molecular formula is C16H20N2O4S2. The van der Waals surface area contributed by atoms with E-state index < -0.39 is 20.0 Å². The van der Waals surface area contributed by atoms with Gasteiger partial charge in [0.05, 0.1) is 9.79 Å². The summed E-state index contributed by atoms with van der Waals surface area (Å²) in [5.41, 5.74) is 1.06. The zero-order chi connectivity index (χ0) is 17.8. The third-order valence-corrected chi connectivity index (χ3v) is 6.11. The van der Waals surface area contributed by atoms with Crippen molar-refractivity contribution in [2.24, 2.45) is 5.14 Å². The van der Waals surface area contributed by atoms with Gasteiger partial charge in [0.25, 0.3) is 0 Å². The molecule has 0 aliphatic carbocycles. The van der Waals surface area contributed by atoms with Crippen LogP contribution in [0.3, 0.4) is 0 Å². The Morgan fingerprint density at radius 3 is 1.96 bits per heavy atom. The van der Waals surface area contributed by atoms with Crippen LogP contribution in [0.2, 0.25) is 0 Å². The van der Waals surface area contributed by atoms with E-state index in [2.05, 4.69) is 4.72 Å². The number of rotatable bonds is 7. The lowest BCUT2D eigenvalue weighted by Gasteiger charge is -2.16. The van der Waals surface area contributed by atoms with Gasteiger partial charge in [-0.15, -0.1) is 0 Å². The van der Waals surface area contributed by atoms with Gasteiger partial charge >= 0.3 is 0 Å². The molecule has 8 heteroatoms. The van der Waals surface area contributed by atoms with Gasteiger partial charge in [-0.3, -0.25) is 0 Å². The van der Waals surface area contributed by atoms with E-state index in [1.54, 1.807) is 0 Å². The first-order chi connectivity index (χ1) is 11.2. The number of sulfonamides is 2. The highest BCUT2D eigenvalue weighted by Crippen LogP contribution is 2.19. The van der Waals surface area contributed by atoms with Crippen molar-refractivity contribution in [2.75, 3.05) is 6.54 Å². The van der Waals surface area contributed by atoms with Crippen LogP contribution in [-0.4, -0.2) is 23.4 Å². The van der Waals surface area contributed by atoms with Crippen LogP contribution < -0.4 is 9.86 Å². The van der Waals surface area contributed by atoms with Crippen molar-refractivity contribution in [2.45, 2.75) is 29.1 Å². The Hall–Kier alpha value is -1.74. The summed E-state index contributed by atoms with van der Waals surface area (Å²) >= 11 is 0. The summed E-state index contributed by atoms with van der Waals surface area (Å²) in [6.45, 7) is 2.26. The van der Waals surface area contributed by atoms with Gasteiger partial charge in [0.1, 0.15) is 0 Å². The highest BCUT2D eigenvalue weighted by atomic mass is 32.2. The van der Waals surface area contributed by atoms with Crippen LogP contribution in [0.25, 0.3) is 0 Å². The lowest BCUT2D eigenvalue weighted by molar-refractivity contribution is 0.565. The lowest BCUT2D eigenvalue weighted by Crippen LogP contribution is -2.28. The van der Waals surface area contributed by atoms with E-state index in [-0.39, 0.29) is 22.3 Å². The molecular weight excluding hydrogens is 348 g/mol. The van der Waals surface area contributed by atoms with Crippen molar-refractivity contribution in [1.29, 1.82) is 0 Å². The van der Waals surface area contributed by atoms with E-state index >= 15 is 0 Å². The molecule has 0 saturated heterocycles. The molecule has 2 aromatic carbocycles. The first-order valence-electron chi connectivity index (χ1n) is 7.41. The summed E-state index contributed by atoms with van der Waals surface area (Å²) in [6, 6.07) is 14.5. The highest BCUT2D eigenvalue weighted by Gasteiger charge is 2.18. The van der Waals surface area contributed by atoms with Gasteiger partial charge in [0.15, 0.2) is 0 Å². The molecule has 0 radical (unpaired) electrons. The maximum Gasteiger partial charge on any atom is 0.240 e. The topological polar surface area (TPSA) is 106 Å². The Kier molecular flexibility index (Phi) is 5.76. The Morgan fingerprint density at radius 2 is 1.46 bits per heavy atom. The van der Waals surface area contributed by atoms with Crippen LogP contribution in [0.1, 0.15) is 24.8 Å². The van der Waals surface area contributed by atoms with Gasteiger partial charge in [0.2, 0.25) is 20.0 Å². The average molecular weight is 368 g/mol. The molecule has 0 bridgehead atoms. The SMILES string of the molecule is CCC(CNS(=O)(=O)c1ccc(S(N)(=O)=O)cc1)c1ccccc1. The third kappa shape index (κ3) is 4.64. The van der Waals surface area contributed by atoms with E-state index in [1.165, 1.54) is 24.3 Å². The third-order valence-electron chi connectivity index (χ3n) is 3.75. The molecule has 0 aromatic heterocycles. The van der Waals surface area contributed by atoms with Gasteiger partial charge in [0, 0.05) is 6.54 Å². The zero-order valence-electron chi connectivity index (χ0n) is 13.2. The summed E-state index contributed by atoms with van der Waals surface area (Å²) in [5.74, 6) is 0.0599. The number of primary sulfonamides is 1. The number of benzene rings is 2. The van der Waals surface area contributed by atoms with Crippen LogP contribution in [0, 0.1) is 0 Å². The lowest BCUT2D eigenvalue weighted by atomic mass is 9.97. The van der Waals surface area contributed by atoms with Gasteiger partial charge in [-0.25, -0.2) is 26.7 Å². The minimum atomic E-state index is -3.85. The van der Waals surface area contributed by atoms with Crippen molar-refractivity contribution in [3.05, 3.63) is 60.2 Å². The Labute approximate surface area is 142 Å². The van der Waals surface area contributed by atoms with Crippen molar-refractivity contribution in [3.63, 3.8) is 0 Å². The van der Waals surface area contributed by atoms with Crippen molar-refractivity contribution in [1.82, 2.24) is 4.72 Å². The Morgan fingerprint density at radius 1 is 0.917 bits per heavy atom. The number of hydrogen-bond acceptors (Lipinski definition) is 4. The minimum absolute atomic E-state index is 0.00202. The molecule has 0 heterocycles.